The second kappa shape index (κ2) is 6.28. The van der Waals surface area contributed by atoms with Gasteiger partial charge in [-0.2, -0.15) is 5.26 Å². The van der Waals surface area contributed by atoms with Crippen molar-refractivity contribution in [2.75, 3.05) is 13.2 Å². The Morgan fingerprint density at radius 3 is 3.00 bits per heavy atom. The molecule has 80 valence electrons. The van der Waals surface area contributed by atoms with Crippen molar-refractivity contribution in [1.29, 1.82) is 5.26 Å². The van der Waals surface area contributed by atoms with Crippen molar-refractivity contribution in [1.82, 2.24) is 5.32 Å². The first-order chi connectivity index (χ1) is 7.29. The summed E-state index contributed by atoms with van der Waals surface area (Å²) in [6.45, 7) is 3.58. The Balaban J connectivity index is 2.83. The summed E-state index contributed by atoms with van der Waals surface area (Å²) >= 11 is 6.04. The zero-order valence-electron chi connectivity index (χ0n) is 8.59. The summed E-state index contributed by atoms with van der Waals surface area (Å²) in [6, 6.07) is 7.37. The quantitative estimate of drug-likeness (QED) is 0.835. The Bertz CT molecular complexity index is 360. The summed E-state index contributed by atoms with van der Waals surface area (Å²) in [5, 5.41) is 12.3. The van der Waals surface area contributed by atoms with Crippen molar-refractivity contribution in [2.45, 2.75) is 13.5 Å². The Morgan fingerprint density at radius 1 is 1.53 bits per heavy atom. The number of nitrogens with one attached hydrogen (secondary N) is 1. The van der Waals surface area contributed by atoms with Gasteiger partial charge in [0.1, 0.15) is 11.8 Å². The van der Waals surface area contributed by atoms with Crippen LogP contribution in [-0.4, -0.2) is 13.2 Å². The van der Waals surface area contributed by atoms with Gasteiger partial charge in [0.25, 0.3) is 0 Å². The van der Waals surface area contributed by atoms with Gasteiger partial charge in [-0.25, -0.2) is 0 Å². The van der Waals surface area contributed by atoms with Gasteiger partial charge in [-0.05, 0) is 18.7 Å². The van der Waals surface area contributed by atoms with Crippen molar-refractivity contribution >= 4 is 11.6 Å². The van der Waals surface area contributed by atoms with Gasteiger partial charge in [-0.1, -0.05) is 24.6 Å². The predicted molar refractivity (Wildman–Crippen MR) is 59.9 cm³/mol. The molecule has 0 radical (unpaired) electrons. The Kier molecular flexibility index (Phi) is 4.96. The predicted octanol–water partition coefficient (Wildman–Crippen LogP) is 2.35. The van der Waals surface area contributed by atoms with Gasteiger partial charge in [0, 0.05) is 17.1 Å². The van der Waals surface area contributed by atoms with Crippen LogP contribution in [0.2, 0.25) is 5.02 Å². The van der Waals surface area contributed by atoms with E-state index in [9.17, 15) is 0 Å². The smallest absolute Gasteiger partial charge is 0.174 e. The normalized spacial score (nSPS) is 9.67. The molecule has 0 fully saturated rings. The van der Waals surface area contributed by atoms with Crippen LogP contribution in [0.1, 0.15) is 12.5 Å². The fraction of sp³-hybridized carbons (Fsp3) is 0.364. The van der Waals surface area contributed by atoms with E-state index in [-0.39, 0.29) is 6.61 Å². The lowest BCUT2D eigenvalue weighted by Gasteiger charge is -2.11. The molecule has 1 rings (SSSR count). The van der Waals surface area contributed by atoms with Crippen LogP contribution in [0.25, 0.3) is 0 Å². The summed E-state index contributed by atoms with van der Waals surface area (Å²) in [7, 11) is 0. The van der Waals surface area contributed by atoms with E-state index in [1.807, 2.05) is 31.2 Å². The van der Waals surface area contributed by atoms with Crippen molar-refractivity contribution in [3.63, 3.8) is 0 Å². The molecular weight excluding hydrogens is 212 g/mol. The van der Waals surface area contributed by atoms with Crippen LogP contribution in [0.3, 0.4) is 0 Å². The largest absolute Gasteiger partial charge is 0.478 e. The average molecular weight is 225 g/mol. The first-order valence-corrected chi connectivity index (χ1v) is 5.15. The van der Waals surface area contributed by atoms with Gasteiger partial charge in [-0.15, -0.1) is 0 Å². The average Bonchev–Trinajstić information content (AvgIpc) is 2.25. The van der Waals surface area contributed by atoms with Crippen LogP contribution in [-0.2, 0) is 6.54 Å². The van der Waals surface area contributed by atoms with E-state index in [2.05, 4.69) is 5.32 Å². The SMILES string of the molecule is CCNCc1c(Cl)cccc1OCC#N. The summed E-state index contributed by atoms with van der Waals surface area (Å²) in [5.41, 5.74) is 0.899. The maximum atomic E-state index is 8.44. The molecule has 0 unspecified atom stereocenters. The topological polar surface area (TPSA) is 45.0 Å². The number of hydrogen-bond donors (Lipinski definition) is 1. The number of halogens is 1. The maximum absolute atomic E-state index is 8.44. The van der Waals surface area contributed by atoms with E-state index in [0.717, 1.165) is 12.1 Å². The minimum Gasteiger partial charge on any atom is -0.478 e. The van der Waals surface area contributed by atoms with Crippen molar-refractivity contribution in [2.24, 2.45) is 0 Å². The molecule has 0 aliphatic heterocycles. The number of nitrogens with zero attached hydrogens (tertiary/aromatic N) is 1. The van der Waals surface area contributed by atoms with Crippen LogP contribution in [0, 0.1) is 11.3 Å². The molecule has 4 heteroatoms. The fourth-order valence-corrected chi connectivity index (χ4v) is 1.44. The summed E-state index contributed by atoms with van der Waals surface area (Å²) in [6.07, 6.45) is 0. The molecule has 1 aromatic rings. The molecule has 15 heavy (non-hydrogen) atoms. The molecule has 0 aliphatic rings. The fourth-order valence-electron chi connectivity index (χ4n) is 1.21. The highest BCUT2D eigenvalue weighted by Gasteiger charge is 2.07. The molecule has 1 N–H and O–H groups in total. The third-order valence-corrected chi connectivity index (χ3v) is 2.27. The van der Waals surface area contributed by atoms with Gasteiger partial charge in [0.2, 0.25) is 0 Å². The summed E-state index contributed by atoms with van der Waals surface area (Å²) in [4.78, 5) is 0. The van der Waals surface area contributed by atoms with Gasteiger partial charge < -0.3 is 10.1 Å². The van der Waals surface area contributed by atoms with Crippen LogP contribution in [0.15, 0.2) is 18.2 Å². The Hall–Kier alpha value is -1.24. The van der Waals surface area contributed by atoms with Crippen LogP contribution in [0.4, 0.5) is 0 Å². The van der Waals surface area contributed by atoms with E-state index >= 15 is 0 Å². The number of nitriles is 1. The van der Waals surface area contributed by atoms with Crippen LogP contribution in [0.5, 0.6) is 5.75 Å². The first kappa shape index (κ1) is 11.8. The number of benzene rings is 1. The third kappa shape index (κ3) is 3.43. The molecule has 1 aromatic carbocycles. The minimum atomic E-state index is 0.0411. The van der Waals surface area contributed by atoms with Gasteiger partial charge in [0.05, 0.1) is 0 Å². The molecule has 0 heterocycles. The Morgan fingerprint density at radius 2 is 2.33 bits per heavy atom. The molecular formula is C11H13ClN2O. The van der Waals surface area contributed by atoms with Gasteiger partial charge in [-0.3, -0.25) is 0 Å². The molecule has 0 amide bonds. The zero-order chi connectivity index (χ0) is 11.1. The second-order valence-electron chi connectivity index (χ2n) is 2.94. The highest BCUT2D eigenvalue weighted by Crippen LogP contribution is 2.26. The molecule has 0 atom stereocenters. The minimum absolute atomic E-state index is 0.0411. The molecule has 3 nitrogen and oxygen atoms in total. The van der Waals surface area contributed by atoms with Crippen molar-refractivity contribution in [3.8, 4) is 11.8 Å². The molecule has 0 saturated carbocycles. The second-order valence-corrected chi connectivity index (χ2v) is 3.35. The summed E-state index contributed by atoms with van der Waals surface area (Å²) in [5.74, 6) is 0.671. The van der Waals surface area contributed by atoms with Gasteiger partial charge >= 0.3 is 0 Å². The van der Waals surface area contributed by atoms with Gasteiger partial charge in [0.15, 0.2) is 6.61 Å². The monoisotopic (exact) mass is 224 g/mol. The molecule has 0 saturated heterocycles. The summed E-state index contributed by atoms with van der Waals surface area (Å²) < 4.78 is 5.28. The highest BCUT2D eigenvalue weighted by atomic mass is 35.5. The lowest BCUT2D eigenvalue weighted by molar-refractivity contribution is 0.363. The maximum Gasteiger partial charge on any atom is 0.174 e. The van der Waals surface area contributed by atoms with Crippen molar-refractivity contribution < 1.29 is 4.74 Å². The third-order valence-electron chi connectivity index (χ3n) is 1.92. The van der Waals surface area contributed by atoms with Crippen LogP contribution >= 0.6 is 11.6 Å². The van der Waals surface area contributed by atoms with Crippen molar-refractivity contribution in [3.05, 3.63) is 28.8 Å². The van der Waals surface area contributed by atoms with E-state index in [1.165, 1.54) is 0 Å². The van der Waals surface area contributed by atoms with E-state index in [0.29, 0.717) is 17.3 Å². The molecule has 0 aromatic heterocycles. The molecule has 0 aliphatic carbocycles. The number of ether oxygens (including phenoxy) is 1. The molecule has 0 spiro atoms. The molecule has 0 bridgehead atoms. The highest BCUT2D eigenvalue weighted by molar-refractivity contribution is 6.31. The number of rotatable bonds is 5. The Labute approximate surface area is 94.6 Å². The zero-order valence-corrected chi connectivity index (χ0v) is 9.34. The first-order valence-electron chi connectivity index (χ1n) is 4.77. The lowest BCUT2D eigenvalue weighted by Crippen LogP contribution is -2.13. The van der Waals surface area contributed by atoms with Crippen LogP contribution < -0.4 is 10.1 Å². The van der Waals surface area contributed by atoms with E-state index < -0.39 is 0 Å². The number of hydrogen-bond acceptors (Lipinski definition) is 3. The van der Waals surface area contributed by atoms with E-state index in [4.69, 9.17) is 21.6 Å². The van der Waals surface area contributed by atoms with E-state index in [1.54, 1.807) is 0 Å². The standard InChI is InChI=1S/C11H13ClN2O/c1-2-14-8-9-10(12)4-3-5-11(9)15-7-6-13/h3-5,14H,2,7-8H2,1H3. The lowest BCUT2D eigenvalue weighted by atomic mass is 10.2.